The van der Waals surface area contributed by atoms with E-state index in [1.165, 1.54) is 0 Å². The highest BCUT2D eigenvalue weighted by Gasteiger charge is 2.15. The lowest BCUT2D eigenvalue weighted by molar-refractivity contribution is 0.479. The van der Waals surface area contributed by atoms with Gasteiger partial charge in [0.2, 0.25) is 5.95 Å². The monoisotopic (exact) mass is 255 g/mol. The molecule has 1 unspecified atom stereocenters. The number of benzene rings is 1. The standard InChI is InChI=1S/C14H17N5/c1-10-4-3-5-12-13(10)17-14(15)19(12)11(2)8-18-7-6-16-9-18/h3-7,9,11H,8H2,1-2H3,(H2,15,17). The van der Waals surface area contributed by atoms with Gasteiger partial charge >= 0.3 is 0 Å². The zero-order valence-electron chi connectivity index (χ0n) is 11.1. The summed E-state index contributed by atoms with van der Waals surface area (Å²) in [5, 5.41) is 0. The summed E-state index contributed by atoms with van der Waals surface area (Å²) in [6, 6.07) is 6.38. The van der Waals surface area contributed by atoms with Gasteiger partial charge in [0, 0.05) is 18.9 Å². The molecule has 0 aliphatic heterocycles. The maximum atomic E-state index is 6.08. The van der Waals surface area contributed by atoms with Crippen molar-refractivity contribution in [2.45, 2.75) is 26.4 Å². The molecule has 1 aromatic carbocycles. The molecule has 5 nitrogen and oxygen atoms in total. The van der Waals surface area contributed by atoms with Crippen molar-refractivity contribution in [3.05, 3.63) is 42.5 Å². The van der Waals surface area contributed by atoms with Crippen LogP contribution in [0.25, 0.3) is 11.0 Å². The van der Waals surface area contributed by atoms with E-state index >= 15 is 0 Å². The summed E-state index contributed by atoms with van der Waals surface area (Å²) in [6.07, 6.45) is 5.56. The number of aromatic nitrogens is 4. The SMILES string of the molecule is Cc1cccc2c1nc(N)n2C(C)Cn1ccnc1. The average molecular weight is 255 g/mol. The molecule has 0 aliphatic rings. The Bertz CT molecular complexity index is 696. The van der Waals surface area contributed by atoms with Crippen molar-refractivity contribution >= 4 is 17.0 Å². The molecule has 3 rings (SSSR count). The van der Waals surface area contributed by atoms with Crippen LogP contribution in [0.15, 0.2) is 36.9 Å². The summed E-state index contributed by atoms with van der Waals surface area (Å²) in [7, 11) is 0. The summed E-state index contributed by atoms with van der Waals surface area (Å²) in [5.74, 6) is 0.567. The first kappa shape index (κ1) is 11.8. The Hall–Kier alpha value is -2.30. The smallest absolute Gasteiger partial charge is 0.201 e. The first-order valence-corrected chi connectivity index (χ1v) is 6.35. The van der Waals surface area contributed by atoms with Crippen LogP contribution in [0.3, 0.4) is 0 Å². The molecule has 5 heteroatoms. The number of hydrogen-bond donors (Lipinski definition) is 1. The van der Waals surface area contributed by atoms with E-state index in [0.29, 0.717) is 5.95 Å². The average Bonchev–Trinajstić information content (AvgIpc) is 2.96. The molecular weight excluding hydrogens is 238 g/mol. The molecule has 2 aromatic heterocycles. The lowest BCUT2D eigenvalue weighted by atomic mass is 10.2. The van der Waals surface area contributed by atoms with E-state index in [0.717, 1.165) is 23.1 Å². The molecule has 0 amide bonds. The minimum absolute atomic E-state index is 0.223. The van der Waals surface area contributed by atoms with Gasteiger partial charge in [-0.2, -0.15) is 0 Å². The largest absolute Gasteiger partial charge is 0.369 e. The lowest BCUT2D eigenvalue weighted by Gasteiger charge is -2.16. The van der Waals surface area contributed by atoms with Gasteiger partial charge in [-0.3, -0.25) is 0 Å². The zero-order chi connectivity index (χ0) is 13.4. The maximum Gasteiger partial charge on any atom is 0.201 e. The first-order chi connectivity index (χ1) is 9.16. The second kappa shape index (κ2) is 4.42. The Kier molecular flexibility index (Phi) is 2.74. The van der Waals surface area contributed by atoms with Crippen molar-refractivity contribution < 1.29 is 0 Å². The van der Waals surface area contributed by atoms with Crippen LogP contribution in [0, 0.1) is 6.92 Å². The molecule has 19 heavy (non-hydrogen) atoms. The number of nitrogens with zero attached hydrogens (tertiary/aromatic N) is 4. The fourth-order valence-corrected chi connectivity index (χ4v) is 2.52. The van der Waals surface area contributed by atoms with Crippen molar-refractivity contribution in [3.63, 3.8) is 0 Å². The Balaban J connectivity index is 2.04. The van der Waals surface area contributed by atoms with Gasteiger partial charge < -0.3 is 14.9 Å². The normalized spacial score (nSPS) is 12.9. The number of rotatable bonds is 3. The van der Waals surface area contributed by atoms with E-state index in [1.54, 1.807) is 6.20 Å². The second-order valence-corrected chi connectivity index (χ2v) is 4.89. The van der Waals surface area contributed by atoms with E-state index in [1.807, 2.05) is 23.2 Å². The Labute approximate surface area is 111 Å². The summed E-state index contributed by atoms with van der Waals surface area (Å²) >= 11 is 0. The van der Waals surface area contributed by atoms with Crippen LogP contribution in [0.4, 0.5) is 5.95 Å². The molecule has 3 aromatic rings. The number of fused-ring (bicyclic) bond motifs is 1. The minimum atomic E-state index is 0.223. The molecule has 0 saturated heterocycles. The number of nitrogen functional groups attached to an aromatic ring is 1. The van der Waals surface area contributed by atoms with E-state index in [9.17, 15) is 0 Å². The summed E-state index contributed by atoms with van der Waals surface area (Å²) in [5.41, 5.74) is 9.30. The fourth-order valence-electron chi connectivity index (χ4n) is 2.52. The van der Waals surface area contributed by atoms with Crippen molar-refractivity contribution in [1.29, 1.82) is 0 Å². The van der Waals surface area contributed by atoms with Crippen LogP contribution in [-0.4, -0.2) is 19.1 Å². The Morgan fingerprint density at radius 3 is 2.95 bits per heavy atom. The van der Waals surface area contributed by atoms with Gasteiger partial charge in [-0.25, -0.2) is 9.97 Å². The van der Waals surface area contributed by atoms with Crippen molar-refractivity contribution in [2.75, 3.05) is 5.73 Å². The zero-order valence-corrected chi connectivity index (χ0v) is 11.1. The van der Waals surface area contributed by atoms with Crippen LogP contribution < -0.4 is 5.73 Å². The number of para-hydroxylation sites is 1. The van der Waals surface area contributed by atoms with Crippen LogP contribution >= 0.6 is 0 Å². The van der Waals surface area contributed by atoms with Gasteiger partial charge in [0.05, 0.1) is 23.4 Å². The summed E-state index contributed by atoms with van der Waals surface area (Å²) < 4.78 is 4.13. The molecular formula is C14H17N5. The fraction of sp³-hybridized carbons (Fsp3) is 0.286. The van der Waals surface area contributed by atoms with E-state index in [-0.39, 0.29) is 6.04 Å². The highest BCUT2D eigenvalue weighted by atomic mass is 15.2. The number of anilines is 1. The molecule has 2 heterocycles. The number of imidazole rings is 2. The van der Waals surface area contributed by atoms with Gasteiger partial charge in [-0.1, -0.05) is 12.1 Å². The predicted molar refractivity (Wildman–Crippen MR) is 75.8 cm³/mol. The van der Waals surface area contributed by atoms with Crippen LogP contribution in [0.2, 0.25) is 0 Å². The minimum Gasteiger partial charge on any atom is -0.369 e. The number of hydrogen-bond acceptors (Lipinski definition) is 3. The molecule has 2 N–H and O–H groups in total. The first-order valence-electron chi connectivity index (χ1n) is 6.35. The number of nitrogens with two attached hydrogens (primary N) is 1. The third kappa shape index (κ3) is 1.97. The maximum absolute atomic E-state index is 6.08. The summed E-state index contributed by atoms with van der Waals surface area (Å²) in [4.78, 5) is 8.54. The molecule has 0 spiro atoms. The van der Waals surface area contributed by atoms with Gasteiger partial charge in [-0.05, 0) is 25.5 Å². The highest BCUT2D eigenvalue weighted by Crippen LogP contribution is 2.25. The van der Waals surface area contributed by atoms with Gasteiger partial charge in [0.1, 0.15) is 0 Å². The van der Waals surface area contributed by atoms with Crippen LogP contribution in [0.5, 0.6) is 0 Å². The van der Waals surface area contributed by atoms with Crippen molar-refractivity contribution in [3.8, 4) is 0 Å². The predicted octanol–water partition coefficient (Wildman–Crippen LogP) is 2.38. The topological polar surface area (TPSA) is 61.7 Å². The third-order valence-corrected chi connectivity index (χ3v) is 3.42. The molecule has 1 atom stereocenters. The van der Waals surface area contributed by atoms with Gasteiger partial charge in [0.15, 0.2) is 0 Å². The van der Waals surface area contributed by atoms with Crippen molar-refractivity contribution in [2.24, 2.45) is 0 Å². The van der Waals surface area contributed by atoms with E-state index in [2.05, 4.69) is 40.5 Å². The molecule has 0 bridgehead atoms. The van der Waals surface area contributed by atoms with Gasteiger partial charge in [-0.15, -0.1) is 0 Å². The number of aryl methyl sites for hydroxylation is 1. The van der Waals surface area contributed by atoms with E-state index < -0.39 is 0 Å². The third-order valence-electron chi connectivity index (χ3n) is 3.42. The quantitative estimate of drug-likeness (QED) is 0.781. The summed E-state index contributed by atoms with van der Waals surface area (Å²) in [6.45, 7) is 5.02. The lowest BCUT2D eigenvalue weighted by Crippen LogP contribution is -2.14. The molecule has 0 fully saturated rings. The Morgan fingerprint density at radius 1 is 1.37 bits per heavy atom. The second-order valence-electron chi connectivity index (χ2n) is 4.89. The molecule has 0 saturated carbocycles. The van der Waals surface area contributed by atoms with Crippen molar-refractivity contribution in [1.82, 2.24) is 19.1 Å². The molecule has 98 valence electrons. The van der Waals surface area contributed by atoms with Crippen LogP contribution in [-0.2, 0) is 6.54 Å². The molecule has 0 aliphatic carbocycles. The van der Waals surface area contributed by atoms with Crippen LogP contribution in [0.1, 0.15) is 18.5 Å². The van der Waals surface area contributed by atoms with E-state index in [4.69, 9.17) is 5.73 Å². The van der Waals surface area contributed by atoms with Gasteiger partial charge in [0.25, 0.3) is 0 Å². The highest BCUT2D eigenvalue weighted by molar-refractivity contribution is 5.81. The Morgan fingerprint density at radius 2 is 2.21 bits per heavy atom. The molecule has 0 radical (unpaired) electrons.